The molecule has 7 aromatic rings. The van der Waals surface area contributed by atoms with E-state index in [1.54, 1.807) is 91.0 Å². The number of carbonyl (C=O) groups is 11. The van der Waals surface area contributed by atoms with Crippen molar-refractivity contribution in [3.05, 3.63) is 239 Å². The van der Waals surface area contributed by atoms with Gasteiger partial charge in [0.15, 0.2) is 43.3 Å². The summed E-state index contributed by atoms with van der Waals surface area (Å²) in [6, 6.07) is 48.6. The predicted octanol–water partition coefficient (Wildman–Crippen LogP) is 8.46. The number of Topliss-reactive ketones (excluding diaryl/α,β-unsaturated/α-hetero) is 2. The van der Waals surface area contributed by atoms with Gasteiger partial charge in [-0.15, -0.1) is 0 Å². The average Bonchev–Trinajstić information content (AvgIpc) is 1.20. The van der Waals surface area contributed by atoms with Crippen LogP contribution in [-0.4, -0.2) is 189 Å². The lowest BCUT2D eigenvalue weighted by Crippen LogP contribution is -2.72. The van der Waals surface area contributed by atoms with Crippen LogP contribution in [0.4, 0.5) is 0 Å². The summed E-state index contributed by atoms with van der Waals surface area (Å²) in [5, 5.41) is 0. The van der Waals surface area contributed by atoms with Crippen LogP contribution in [0, 0.1) is 0 Å². The van der Waals surface area contributed by atoms with Gasteiger partial charge in [0.05, 0.1) is 59.9 Å². The van der Waals surface area contributed by atoms with E-state index in [1.807, 2.05) is 0 Å². The van der Waals surface area contributed by atoms with Gasteiger partial charge in [0, 0.05) is 25.3 Å². The third kappa shape index (κ3) is 18.3. The molecule has 28 nitrogen and oxygen atoms in total. The first kappa shape index (κ1) is 76.3. The second-order valence-electron chi connectivity index (χ2n) is 25.6. The molecule has 28 heteroatoms. The summed E-state index contributed by atoms with van der Waals surface area (Å²) in [5.74, 6) is -9.28. The first-order valence-corrected chi connectivity index (χ1v) is 34.7. The predicted molar refractivity (Wildman–Crippen MR) is 370 cm³/mol. The molecule has 4 fully saturated rings. The van der Waals surface area contributed by atoms with E-state index >= 15 is 14.4 Å². The topological polar surface area (TPSA) is 339 Å². The standard InChI is InChI=1S/C80H75NO27/c1-45(82)34-40-60(85)94-42-57-64(97-47(3)84)67(102-73(89)48-22-10-5-11-23-48)70(105-76(92)51-28-16-8-17-29-51)80(101-57)108-66-62(81-71(87)55-32-20-21-33-56(55)72(81)88)78(99-59-44-96-77(106-63(59)66)52-30-18-9-19-31-52)107-65-58(43-95-61(86)41-35-46(2)83)100-79(98-54-38-36-53(93-4)37-39-54)69(104-75(91)50-26-14-7-15-27-50)68(65)103-74(90)49-24-12-6-13-25-49/h5-33,36-39,57-59,62-70,77-80H,34-35,40-44H2,1-4H3/t57-,58-,59-,62-,63-,64-,65-,66-,67+,68+,69-,70-,77-,78+,79-,80+/m1/s1. The maximum atomic E-state index is 15.8. The lowest BCUT2D eigenvalue weighted by Gasteiger charge is -2.54. The highest BCUT2D eigenvalue weighted by Gasteiger charge is 2.63. The number of methoxy groups -OCH3 is 1. The minimum absolute atomic E-state index is 0.00594. The number of nitrogens with zero attached hydrogens (tertiary/aromatic N) is 1. The second kappa shape index (κ2) is 35.4. The van der Waals surface area contributed by atoms with Crippen LogP contribution in [-0.2, 0) is 90.3 Å². The van der Waals surface area contributed by atoms with E-state index in [-0.39, 0.29) is 63.5 Å². The maximum Gasteiger partial charge on any atom is 0.338 e. The van der Waals surface area contributed by atoms with Crippen LogP contribution in [0.3, 0.4) is 0 Å². The summed E-state index contributed by atoms with van der Waals surface area (Å²) in [6.45, 7) is 1.45. The third-order valence-electron chi connectivity index (χ3n) is 18.1. The van der Waals surface area contributed by atoms with Crippen molar-refractivity contribution in [1.82, 2.24) is 4.90 Å². The Labute approximate surface area is 618 Å². The molecule has 0 spiro atoms. The molecule has 0 unspecified atom stereocenters. The van der Waals surface area contributed by atoms with Crippen molar-refractivity contribution in [3.8, 4) is 11.5 Å². The van der Waals surface area contributed by atoms with Gasteiger partial charge in [-0.1, -0.05) is 115 Å². The highest BCUT2D eigenvalue weighted by molar-refractivity contribution is 6.21. The number of hydrogen-bond acceptors (Lipinski definition) is 27. The zero-order valence-corrected chi connectivity index (χ0v) is 58.7. The van der Waals surface area contributed by atoms with Crippen LogP contribution in [0.1, 0.15) is 120 Å². The zero-order valence-electron chi connectivity index (χ0n) is 58.7. The summed E-state index contributed by atoms with van der Waals surface area (Å²) < 4.78 is 104. The van der Waals surface area contributed by atoms with Gasteiger partial charge in [0.2, 0.25) is 12.4 Å². The molecular formula is C80H75NO27. The normalized spacial score (nSPS) is 25.6. The lowest BCUT2D eigenvalue weighted by atomic mass is 9.92. The van der Waals surface area contributed by atoms with E-state index in [0.717, 1.165) is 11.8 Å². The molecule has 16 atom stereocenters. The minimum Gasteiger partial charge on any atom is -0.497 e. The molecule has 12 rings (SSSR count). The summed E-state index contributed by atoms with van der Waals surface area (Å²) in [7, 11) is 1.44. The molecule has 0 aliphatic carbocycles. The molecule has 562 valence electrons. The smallest absolute Gasteiger partial charge is 0.338 e. The quantitative estimate of drug-likeness (QED) is 0.0252. The number of esters is 7. The fraction of sp³-hybridized carbons (Fsp3) is 0.338. The summed E-state index contributed by atoms with van der Waals surface area (Å²) in [5.41, 5.74) is -0.0151. The van der Waals surface area contributed by atoms with Crippen LogP contribution in [0.2, 0.25) is 0 Å². The molecule has 2 amide bonds. The van der Waals surface area contributed by atoms with Crippen molar-refractivity contribution in [2.75, 3.05) is 26.9 Å². The highest BCUT2D eigenvalue weighted by Crippen LogP contribution is 2.44. The number of ketones is 2. The lowest BCUT2D eigenvalue weighted by molar-refractivity contribution is -0.393. The molecule has 5 heterocycles. The van der Waals surface area contributed by atoms with Crippen molar-refractivity contribution in [3.63, 3.8) is 0 Å². The summed E-state index contributed by atoms with van der Waals surface area (Å²) in [4.78, 5) is 157. The number of carbonyl (C=O) groups excluding carboxylic acids is 11. The van der Waals surface area contributed by atoms with Gasteiger partial charge in [0.25, 0.3) is 11.8 Å². The molecule has 0 N–H and O–H groups in total. The van der Waals surface area contributed by atoms with Gasteiger partial charge >= 0.3 is 41.8 Å². The number of ether oxygens (including phenoxy) is 16. The average molecular weight is 1480 g/mol. The monoisotopic (exact) mass is 1480 g/mol. The van der Waals surface area contributed by atoms with Gasteiger partial charge in [0.1, 0.15) is 78.9 Å². The molecule has 0 aromatic heterocycles. The number of benzene rings is 7. The number of imide groups is 1. The molecule has 108 heavy (non-hydrogen) atoms. The maximum absolute atomic E-state index is 15.8. The molecule has 7 aromatic carbocycles. The van der Waals surface area contributed by atoms with Crippen LogP contribution >= 0.6 is 0 Å². The first-order valence-electron chi connectivity index (χ1n) is 34.7. The SMILES string of the molecule is COc1ccc(O[C@@H]2O[C@H](COC(=O)CCC(C)=O)[C@@H](O[C@@H]3O[C@@H]4CO[C@@H](c5ccccc5)O[C@H]4[C@H](O[C@@H]4O[C@H](COC(=O)CCC(C)=O)[C@@H](OC(C)=O)[C@H](OC(=O)c5ccccc5)[C@H]4OC(=O)c4ccccc4)[C@H]3N3C(=O)c4ccccc4C3=O)[C@H](OC(=O)c3ccccc3)[C@H]2OC(=O)c2ccccc2)cc1. The molecular weight excluding hydrogens is 1410 g/mol. The van der Waals surface area contributed by atoms with Crippen LogP contribution in [0.25, 0.3) is 0 Å². The van der Waals surface area contributed by atoms with E-state index in [4.69, 9.17) is 75.8 Å². The van der Waals surface area contributed by atoms with Crippen molar-refractivity contribution in [1.29, 1.82) is 0 Å². The van der Waals surface area contributed by atoms with Crippen molar-refractivity contribution < 1.29 is 129 Å². The van der Waals surface area contributed by atoms with Crippen LogP contribution in [0.15, 0.2) is 200 Å². The Kier molecular flexibility index (Phi) is 25.0. The number of rotatable bonds is 28. The van der Waals surface area contributed by atoms with Crippen LogP contribution in [0.5, 0.6) is 11.5 Å². The van der Waals surface area contributed by atoms with E-state index < -0.39 is 185 Å². The Morgan fingerprint density at radius 1 is 0.407 bits per heavy atom. The Bertz CT molecular complexity index is 4320. The fourth-order valence-electron chi connectivity index (χ4n) is 12.8. The minimum atomic E-state index is -2.21. The molecule has 4 saturated heterocycles. The Morgan fingerprint density at radius 3 is 1.28 bits per heavy atom. The zero-order chi connectivity index (χ0) is 76.0. The van der Waals surface area contributed by atoms with Gasteiger partial charge in [-0.05, 0) is 98.8 Å². The third-order valence-corrected chi connectivity index (χ3v) is 18.1. The van der Waals surface area contributed by atoms with Gasteiger partial charge in [-0.2, -0.15) is 0 Å². The van der Waals surface area contributed by atoms with E-state index in [1.165, 1.54) is 130 Å². The van der Waals surface area contributed by atoms with Crippen LogP contribution < -0.4 is 9.47 Å². The van der Waals surface area contributed by atoms with E-state index in [2.05, 4.69) is 0 Å². The number of amides is 2. The van der Waals surface area contributed by atoms with Gasteiger partial charge < -0.3 is 85.4 Å². The van der Waals surface area contributed by atoms with Crippen molar-refractivity contribution >= 4 is 65.2 Å². The molecule has 0 saturated carbocycles. The van der Waals surface area contributed by atoms with Gasteiger partial charge in [-0.25, -0.2) is 19.2 Å². The Balaban J connectivity index is 1.05. The summed E-state index contributed by atoms with van der Waals surface area (Å²) >= 11 is 0. The molecule has 5 aliphatic heterocycles. The van der Waals surface area contributed by atoms with E-state index in [9.17, 15) is 38.4 Å². The second-order valence-corrected chi connectivity index (χ2v) is 25.6. The Hall–Kier alpha value is -11.4. The van der Waals surface area contributed by atoms with E-state index in [0.29, 0.717) is 11.3 Å². The number of fused-ring (bicyclic) bond motifs is 2. The fourth-order valence-corrected chi connectivity index (χ4v) is 12.8. The molecule has 0 bridgehead atoms. The van der Waals surface area contributed by atoms with Gasteiger partial charge in [-0.3, -0.25) is 28.9 Å². The highest BCUT2D eigenvalue weighted by atomic mass is 16.8. The first-order chi connectivity index (χ1) is 52.3. The van der Waals surface area contributed by atoms with Crippen molar-refractivity contribution in [2.45, 2.75) is 145 Å². The number of hydrogen-bond donors (Lipinski definition) is 0. The molecule has 0 radical (unpaired) electrons. The van der Waals surface area contributed by atoms with Crippen molar-refractivity contribution in [2.24, 2.45) is 0 Å². The largest absolute Gasteiger partial charge is 0.497 e. The Morgan fingerprint density at radius 2 is 0.815 bits per heavy atom. The molecule has 5 aliphatic rings. The summed E-state index contributed by atoms with van der Waals surface area (Å²) in [6.07, 6.45) is -29.4.